The van der Waals surface area contributed by atoms with E-state index in [1.807, 2.05) is 0 Å². The summed E-state index contributed by atoms with van der Waals surface area (Å²) in [5, 5.41) is 12.6. The second-order valence-electron chi connectivity index (χ2n) is 6.07. The van der Waals surface area contributed by atoms with Crippen LogP contribution in [0.1, 0.15) is 49.4 Å². The molecular weight excluding hydrogens is 266 g/mol. The SMILES string of the molecule is COc1ccc(C(=O)NCCC2CCCC(C)C2)cc1O. The molecule has 0 aromatic heterocycles. The van der Waals surface area contributed by atoms with Crippen molar-refractivity contribution >= 4 is 5.91 Å². The zero-order chi connectivity index (χ0) is 15.2. The van der Waals surface area contributed by atoms with Gasteiger partial charge in [0.15, 0.2) is 11.5 Å². The molecule has 21 heavy (non-hydrogen) atoms. The van der Waals surface area contributed by atoms with Gasteiger partial charge in [-0.3, -0.25) is 4.79 Å². The summed E-state index contributed by atoms with van der Waals surface area (Å²) in [6.07, 6.45) is 6.25. The fourth-order valence-electron chi connectivity index (χ4n) is 3.15. The highest BCUT2D eigenvalue weighted by Crippen LogP contribution is 2.30. The van der Waals surface area contributed by atoms with E-state index in [4.69, 9.17) is 4.74 Å². The Bertz CT molecular complexity index is 487. The Morgan fingerprint density at radius 3 is 2.90 bits per heavy atom. The number of carbonyl (C=O) groups excluding carboxylic acids is 1. The first-order valence-corrected chi connectivity index (χ1v) is 7.75. The quantitative estimate of drug-likeness (QED) is 0.874. The fourth-order valence-corrected chi connectivity index (χ4v) is 3.15. The van der Waals surface area contributed by atoms with Gasteiger partial charge >= 0.3 is 0 Å². The summed E-state index contributed by atoms with van der Waals surface area (Å²) in [4.78, 5) is 12.0. The summed E-state index contributed by atoms with van der Waals surface area (Å²) in [5.41, 5.74) is 0.463. The molecule has 0 radical (unpaired) electrons. The lowest BCUT2D eigenvalue weighted by Crippen LogP contribution is -2.27. The van der Waals surface area contributed by atoms with Crippen LogP contribution in [-0.2, 0) is 0 Å². The molecule has 2 rings (SSSR count). The monoisotopic (exact) mass is 291 g/mol. The summed E-state index contributed by atoms with van der Waals surface area (Å²) in [6.45, 7) is 3.01. The van der Waals surface area contributed by atoms with Crippen molar-refractivity contribution in [1.29, 1.82) is 0 Å². The molecule has 2 N–H and O–H groups in total. The van der Waals surface area contributed by atoms with E-state index in [-0.39, 0.29) is 11.7 Å². The number of hydrogen-bond donors (Lipinski definition) is 2. The zero-order valence-electron chi connectivity index (χ0n) is 12.9. The van der Waals surface area contributed by atoms with Gasteiger partial charge in [0.25, 0.3) is 5.91 Å². The maximum absolute atomic E-state index is 12.0. The summed E-state index contributed by atoms with van der Waals surface area (Å²) in [7, 11) is 1.49. The van der Waals surface area contributed by atoms with E-state index in [1.165, 1.54) is 38.9 Å². The molecule has 116 valence electrons. The number of benzene rings is 1. The summed E-state index contributed by atoms with van der Waals surface area (Å²) in [6, 6.07) is 4.71. The van der Waals surface area contributed by atoms with Crippen LogP contribution in [0.3, 0.4) is 0 Å². The highest BCUT2D eigenvalue weighted by Gasteiger charge is 2.18. The van der Waals surface area contributed by atoms with Gasteiger partial charge in [0.1, 0.15) is 0 Å². The minimum absolute atomic E-state index is 0.00810. The van der Waals surface area contributed by atoms with Crippen LogP contribution in [0.4, 0.5) is 0 Å². The topological polar surface area (TPSA) is 58.6 Å². The van der Waals surface area contributed by atoms with E-state index in [1.54, 1.807) is 12.1 Å². The lowest BCUT2D eigenvalue weighted by atomic mass is 9.81. The maximum atomic E-state index is 12.0. The first-order valence-electron chi connectivity index (χ1n) is 7.75. The minimum Gasteiger partial charge on any atom is -0.504 e. The Kier molecular flexibility index (Phi) is 5.48. The van der Waals surface area contributed by atoms with Gasteiger partial charge < -0.3 is 15.2 Å². The molecule has 0 spiro atoms. The van der Waals surface area contributed by atoms with Crippen molar-refractivity contribution in [2.45, 2.75) is 39.0 Å². The van der Waals surface area contributed by atoms with Crippen molar-refractivity contribution in [2.24, 2.45) is 11.8 Å². The van der Waals surface area contributed by atoms with Crippen LogP contribution in [0.2, 0.25) is 0 Å². The van der Waals surface area contributed by atoms with Crippen LogP contribution < -0.4 is 10.1 Å². The van der Waals surface area contributed by atoms with Crippen LogP contribution in [0.15, 0.2) is 18.2 Å². The van der Waals surface area contributed by atoms with E-state index in [9.17, 15) is 9.90 Å². The number of phenols is 1. The van der Waals surface area contributed by atoms with E-state index in [0.717, 1.165) is 18.3 Å². The minimum atomic E-state index is -0.142. The van der Waals surface area contributed by atoms with Gasteiger partial charge in [0.05, 0.1) is 7.11 Å². The van der Waals surface area contributed by atoms with E-state index >= 15 is 0 Å². The van der Waals surface area contributed by atoms with Gasteiger partial charge in [-0.25, -0.2) is 0 Å². The van der Waals surface area contributed by atoms with Gasteiger partial charge in [-0.15, -0.1) is 0 Å². The van der Waals surface area contributed by atoms with Crippen molar-refractivity contribution in [2.75, 3.05) is 13.7 Å². The van der Waals surface area contributed by atoms with Crippen LogP contribution in [-0.4, -0.2) is 24.7 Å². The zero-order valence-corrected chi connectivity index (χ0v) is 12.9. The van der Waals surface area contributed by atoms with Crippen molar-refractivity contribution in [1.82, 2.24) is 5.32 Å². The van der Waals surface area contributed by atoms with Gasteiger partial charge in [-0.05, 0) is 42.9 Å². The number of ether oxygens (including phenoxy) is 1. The van der Waals surface area contributed by atoms with Crippen LogP contribution in [0.5, 0.6) is 11.5 Å². The molecule has 4 heteroatoms. The molecule has 0 aliphatic heterocycles. The lowest BCUT2D eigenvalue weighted by molar-refractivity contribution is 0.0949. The average Bonchev–Trinajstić information content (AvgIpc) is 2.47. The van der Waals surface area contributed by atoms with E-state index < -0.39 is 0 Å². The standard InChI is InChI=1S/C17H25NO3/c1-12-4-3-5-13(10-12)8-9-18-17(20)14-6-7-16(21-2)15(19)11-14/h6-7,11-13,19H,3-5,8-10H2,1-2H3,(H,18,20). The Labute approximate surface area is 126 Å². The third-order valence-electron chi connectivity index (χ3n) is 4.32. The lowest BCUT2D eigenvalue weighted by Gasteiger charge is -2.26. The molecule has 1 aliphatic rings. The van der Waals surface area contributed by atoms with Crippen molar-refractivity contribution in [3.05, 3.63) is 23.8 Å². The normalized spacial score (nSPS) is 21.8. The molecule has 1 saturated carbocycles. The van der Waals surface area contributed by atoms with Gasteiger partial charge in [0.2, 0.25) is 0 Å². The second-order valence-corrected chi connectivity index (χ2v) is 6.07. The van der Waals surface area contributed by atoms with Crippen molar-refractivity contribution < 1.29 is 14.6 Å². The van der Waals surface area contributed by atoms with Crippen molar-refractivity contribution in [3.63, 3.8) is 0 Å². The summed E-state index contributed by atoms with van der Waals surface area (Å²) in [5.74, 6) is 1.78. The molecule has 1 fully saturated rings. The predicted octanol–water partition coefficient (Wildman–Crippen LogP) is 3.35. The highest BCUT2D eigenvalue weighted by molar-refractivity contribution is 5.94. The molecule has 1 aromatic carbocycles. The maximum Gasteiger partial charge on any atom is 0.251 e. The molecule has 0 saturated heterocycles. The number of amides is 1. The Morgan fingerprint density at radius 1 is 1.43 bits per heavy atom. The van der Waals surface area contributed by atoms with Crippen molar-refractivity contribution in [3.8, 4) is 11.5 Å². The number of nitrogens with one attached hydrogen (secondary N) is 1. The first-order chi connectivity index (χ1) is 10.1. The molecule has 1 amide bonds. The van der Waals surface area contributed by atoms with E-state index in [2.05, 4.69) is 12.2 Å². The fraction of sp³-hybridized carbons (Fsp3) is 0.588. The van der Waals surface area contributed by atoms with Crippen LogP contribution >= 0.6 is 0 Å². The average molecular weight is 291 g/mol. The first kappa shape index (κ1) is 15.7. The molecule has 1 aromatic rings. The van der Waals surface area contributed by atoms with Gasteiger partial charge in [-0.2, -0.15) is 0 Å². The molecule has 1 aliphatic carbocycles. The number of hydrogen-bond acceptors (Lipinski definition) is 3. The largest absolute Gasteiger partial charge is 0.504 e. The second kappa shape index (κ2) is 7.34. The number of aromatic hydroxyl groups is 1. The molecule has 2 unspecified atom stereocenters. The third kappa shape index (κ3) is 4.38. The number of carbonyl (C=O) groups is 1. The Hall–Kier alpha value is -1.71. The number of phenolic OH excluding ortho intramolecular Hbond substituents is 1. The Balaban J connectivity index is 1.80. The molecule has 0 heterocycles. The number of rotatable bonds is 5. The molecular formula is C17H25NO3. The predicted molar refractivity (Wildman–Crippen MR) is 82.7 cm³/mol. The highest BCUT2D eigenvalue weighted by atomic mass is 16.5. The van der Waals surface area contributed by atoms with Gasteiger partial charge in [0, 0.05) is 12.1 Å². The third-order valence-corrected chi connectivity index (χ3v) is 4.32. The number of methoxy groups -OCH3 is 1. The van der Waals surface area contributed by atoms with Crippen LogP contribution in [0, 0.1) is 11.8 Å². The summed E-state index contributed by atoms with van der Waals surface area (Å²) >= 11 is 0. The molecule has 4 nitrogen and oxygen atoms in total. The molecule has 2 atom stereocenters. The smallest absolute Gasteiger partial charge is 0.251 e. The Morgan fingerprint density at radius 2 is 2.24 bits per heavy atom. The molecule has 0 bridgehead atoms. The van der Waals surface area contributed by atoms with Crippen LogP contribution in [0.25, 0.3) is 0 Å². The van der Waals surface area contributed by atoms with E-state index in [0.29, 0.717) is 17.9 Å². The summed E-state index contributed by atoms with van der Waals surface area (Å²) < 4.78 is 4.97. The van der Waals surface area contributed by atoms with Gasteiger partial charge in [-0.1, -0.05) is 26.2 Å².